The largest absolute Gasteiger partial charge is 0.469 e. The van der Waals surface area contributed by atoms with Gasteiger partial charge in [0.1, 0.15) is 6.04 Å². The number of allylic oxidation sites excluding steroid dienone is 1. The van der Waals surface area contributed by atoms with Crippen LogP contribution in [0.3, 0.4) is 0 Å². The van der Waals surface area contributed by atoms with E-state index in [0.29, 0.717) is 30.7 Å². The number of carbonyl (C=O) groups is 3. The zero-order chi connectivity index (χ0) is 17.1. The molecule has 0 spiro atoms. The molecule has 2 aliphatic rings. The number of esters is 2. The van der Waals surface area contributed by atoms with Gasteiger partial charge in [-0.15, -0.1) is 0 Å². The van der Waals surface area contributed by atoms with Crippen LogP contribution in [-0.4, -0.2) is 49.0 Å². The van der Waals surface area contributed by atoms with Crippen molar-refractivity contribution >= 4 is 29.4 Å². The molecule has 7 heteroatoms. The Morgan fingerprint density at radius 3 is 2.52 bits per heavy atom. The average Bonchev–Trinajstić information content (AvgIpc) is 2.98. The number of piperidine rings is 1. The third-order valence-electron chi connectivity index (χ3n) is 4.70. The van der Waals surface area contributed by atoms with Crippen LogP contribution in [0.5, 0.6) is 0 Å². The van der Waals surface area contributed by atoms with Gasteiger partial charge in [-0.3, -0.25) is 9.59 Å². The molecule has 6 nitrogen and oxygen atoms in total. The van der Waals surface area contributed by atoms with Gasteiger partial charge in [0.25, 0.3) is 0 Å². The number of amides is 1. The summed E-state index contributed by atoms with van der Waals surface area (Å²) in [6.07, 6.45) is 2.36. The van der Waals surface area contributed by atoms with Crippen LogP contribution < -0.4 is 0 Å². The lowest BCUT2D eigenvalue weighted by Crippen LogP contribution is -2.52. The highest BCUT2D eigenvalue weighted by molar-refractivity contribution is 6.29. The predicted octanol–water partition coefficient (Wildman–Crippen LogP) is 2.00. The van der Waals surface area contributed by atoms with Gasteiger partial charge in [0.2, 0.25) is 5.91 Å². The number of halogens is 1. The second-order valence-corrected chi connectivity index (χ2v) is 6.52. The maximum atomic E-state index is 12.8. The second-order valence-electron chi connectivity index (χ2n) is 5.95. The molecule has 2 rings (SSSR count). The molecule has 0 saturated carbocycles. The van der Waals surface area contributed by atoms with Crippen molar-refractivity contribution in [2.24, 2.45) is 5.92 Å². The molecule has 2 heterocycles. The van der Waals surface area contributed by atoms with E-state index in [1.807, 2.05) is 0 Å². The van der Waals surface area contributed by atoms with Crippen LogP contribution in [0.4, 0.5) is 0 Å². The average molecular weight is 344 g/mol. The monoisotopic (exact) mass is 343 g/mol. The predicted molar refractivity (Wildman–Crippen MR) is 83.6 cm³/mol. The molecule has 0 aromatic heterocycles. The summed E-state index contributed by atoms with van der Waals surface area (Å²) in [4.78, 5) is 37.8. The van der Waals surface area contributed by atoms with Gasteiger partial charge < -0.3 is 14.4 Å². The van der Waals surface area contributed by atoms with E-state index in [2.05, 4.69) is 4.74 Å². The quantitative estimate of drug-likeness (QED) is 0.730. The van der Waals surface area contributed by atoms with E-state index in [1.165, 1.54) is 14.2 Å². The Hall–Kier alpha value is -1.56. The van der Waals surface area contributed by atoms with Gasteiger partial charge in [0.15, 0.2) is 0 Å². The summed E-state index contributed by atoms with van der Waals surface area (Å²) in [5, 5.41) is 0.654. The fourth-order valence-electron chi connectivity index (χ4n) is 3.52. The van der Waals surface area contributed by atoms with Gasteiger partial charge in [-0.25, -0.2) is 4.79 Å². The van der Waals surface area contributed by atoms with E-state index in [9.17, 15) is 14.4 Å². The molecule has 2 unspecified atom stereocenters. The van der Waals surface area contributed by atoms with Crippen LogP contribution >= 0.6 is 11.6 Å². The number of carbonyl (C=O) groups excluding carboxylic acids is 3. The number of methoxy groups -OCH3 is 2. The van der Waals surface area contributed by atoms with Crippen molar-refractivity contribution in [1.82, 2.24) is 4.90 Å². The van der Waals surface area contributed by atoms with E-state index in [0.717, 1.165) is 5.57 Å². The molecule has 0 aromatic rings. The Balaban J connectivity index is 2.25. The molecule has 23 heavy (non-hydrogen) atoms. The minimum absolute atomic E-state index is 0.103. The van der Waals surface area contributed by atoms with E-state index in [-0.39, 0.29) is 30.3 Å². The Morgan fingerprint density at radius 1 is 1.26 bits per heavy atom. The number of hydrogen-bond donors (Lipinski definition) is 0. The highest BCUT2D eigenvalue weighted by Crippen LogP contribution is 2.41. The highest BCUT2D eigenvalue weighted by Gasteiger charge is 2.48. The molecule has 0 aromatic carbocycles. The molecular formula is C16H22ClNO5. The molecule has 1 amide bonds. The molecule has 3 atom stereocenters. The van der Waals surface area contributed by atoms with Crippen LogP contribution in [0.25, 0.3) is 0 Å². The molecule has 0 bridgehead atoms. The smallest absolute Gasteiger partial charge is 0.328 e. The molecule has 128 valence electrons. The van der Waals surface area contributed by atoms with E-state index < -0.39 is 12.0 Å². The van der Waals surface area contributed by atoms with Crippen LogP contribution in [0.15, 0.2) is 10.6 Å². The second kappa shape index (κ2) is 7.34. The topological polar surface area (TPSA) is 72.9 Å². The molecule has 2 fully saturated rings. The van der Waals surface area contributed by atoms with Crippen LogP contribution in [0.2, 0.25) is 0 Å². The fourth-order valence-corrected chi connectivity index (χ4v) is 3.72. The zero-order valence-corrected chi connectivity index (χ0v) is 14.4. The van der Waals surface area contributed by atoms with Crippen molar-refractivity contribution in [1.29, 1.82) is 0 Å². The first-order valence-electron chi connectivity index (χ1n) is 7.72. The Morgan fingerprint density at radius 2 is 1.96 bits per heavy atom. The Bertz CT molecular complexity index is 541. The normalized spacial score (nSPS) is 29.1. The Kier molecular flexibility index (Phi) is 5.68. The van der Waals surface area contributed by atoms with Crippen molar-refractivity contribution < 1.29 is 23.9 Å². The summed E-state index contributed by atoms with van der Waals surface area (Å²) in [7, 11) is 2.64. The van der Waals surface area contributed by atoms with Gasteiger partial charge in [0, 0.05) is 17.4 Å². The first-order chi connectivity index (χ1) is 10.9. The van der Waals surface area contributed by atoms with Crippen molar-refractivity contribution in [3.63, 3.8) is 0 Å². The number of ether oxygens (including phenoxy) is 2. The first-order valence-corrected chi connectivity index (χ1v) is 8.10. The maximum Gasteiger partial charge on any atom is 0.328 e. The lowest BCUT2D eigenvalue weighted by Gasteiger charge is -2.39. The van der Waals surface area contributed by atoms with Gasteiger partial charge in [0.05, 0.1) is 20.3 Å². The zero-order valence-electron chi connectivity index (χ0n) is 13.6. The van der Waals surface area contributed by atoms with Crippen LogP contribution in [0, 0.1) is 5.92 Å². The van der Waals surface area contributed by atoms with Gasteiger partial charge in [-0.05, 0) is 38.2 Å². The number of nitrogens with zero attached hydrogens (tertiary/aromatic N) is 1. The standard InChI is InChI=1S/C16H22ClNO5/c1-9(17)11-8-10(4-7-14(19)22-2)15(20)18-12(11)5-6-13(18)16(21)23-3/h10,12-13H,4-8H2,1-3H3/b11-9+/t10?,12?,13-/m0/s1. The van der Waals surface area contributed by atoms with Crippen molar-refractivity contribution in [2.45, 2.75) is 51.1 Å². The van der Waals surface area contributed by atoms with E-state index in [4.69, 9.17) is 16.3 Å². The van der Waals surface area contributed by atoms with Gasteiger partial charge in [-0.1, -0.05) is 11.6 Å². The van der Waals surface area contributed by atoms with Crippen molar-refractivity contribution in [3.8, 4) is 0 Å². The van der Waals surface area contributed by atoms with Gasteiger partial charge in [-0.2, -0.15) is 0 Å². The summed E-state index contributed by atoms with van der Waals surface area (Å²) in [6.45, 7) is 1.80. The SMILES string of the molecule is COC(=O)CCC1C/C(=C(/C)Cl)C2CC[C@@H](C(=O)OC)N2C1=O. The minimum Gasteiger partial charge on any atom is -0.469 e. The number of hydrogen-bond acceptors (Lipinski definition) is 5. The first kappa shape index (κ1) is 17.8. The molecule has 0 N–H and O–H groups in total. The fraction of sp³-hybridized carbons (Fsp3) is 0.688. The summed E-state index contributed by atoms with van der Waals surface area (Å²) in [5.74, 6) is -1.21. The number of fused-ring (bicyclic) bond motifs is 1. The highest BCUT2D eigenvalue weighted by atomic mass is 35.5. The summed E-state index contributed by atoms with van der Waals surface area (Å²) < 4.78 is 9.46. The molecule has 0 aliphatic carbocycles. The lowest BCUT2D eigenvalue weighted by molar-refractivity contribution is -0.155. The lowest BCUT2D eigenvalue weighted by atomic mass is 9.84. The third kappa shape index (κ3) is 3.52. The maximum absolute atomic E-state index is 12.8. The molecular weight excluding hydrogens is 322 g/mol. The number of rotatable bonds is 4. The summed E-state index contributed by atoms with van der Waals surface area (Å²) in [5.41, 5.74) is 0.979. The van der Waals surface area contributed by atoms with E-state index >= 15 is 0 Å². The van der Waals surface area contributed by atoms with Crippen LogP contribution in [0.1, 0.15) is 39.0 Å². The van der Waals surface area contributed by atoms with Crippen LogP contribution in [-0.2, 0) is 23.9 Å². The molecule has 2 aliphatic heterocycles. The third-order valence-corrected chi connectivity index (χ3v) is 4.94. The van der Waals surface area contributed by atoms with E-state index in [1.54, 1.807) is 11.8 Å². The molecule has 2 saturated heterocycles. The van der Waals surface area contributed by atoms with Crippen molar-refractivity contribution in [2.75, 3.05) is 14.2 Å². The summed E-state index contributed by atoms with van der Waals surface area (Å²) in [6, 6.07) is -0.706. The summed E-state index contributed by atoms with van der Waals surface area (Å²) >= 11 is 6.22. The minimum atomic E-state index is -0.565. The molecule has 0 radical (unpaired) electrons. The Labute approximate surface area is 140 Å². The van der Waals surface area contributed by atoms with Crippen molar-refractivity contribution in [3.05, 3.63) is 10.6 Å². The van der Waals surface area contributed by atoms with Gasteiger partial charge >= 0.3 is 11.9 Å².